The molecule has 118 valence electrons. The van der Waals surface area contributed by atoms with E-state index < -0.39 is 0 Å². The first-order valence-electron chi connectivity index (χ1n) is 9.00. The fourth-order valence-corrected chi connectivity index (χ4v) is 4.22. The Balaban J connectivity index is 1.79. The standard InChI is InChI=1S/C17H35N3/c1-3-8-16(18)17(4-2)20-13-9-15(10-14-20)19-11-6-5-7-12-19/h15-17H,3-14,18H2,1-2H3. The Hall–Kier alpha value is -0.120. The zero-order valence-corrected chi connectivity index (χ0v) is 13.7. The van der Waals surface area contributed by atoms with Crippen LogP contribution in [-0.4, -0.2) is 54.1 Å². The molecule has 0 aliphatic carbocycles. The van der Waals surface area contributed by atoms with Crippen LogP contribution < -0.4 is 5.73 Å². The molecule has 20 heavy (non-hydrogen) atoms. The van der Waals surface area contributed by atoms with Crippen LogP contribution in [0.25, 0.3) is 0 Å². The highest BCUT2D eigenvalue weighted by Gasteiger charge is 2.30. The molecule has 0 aromatic heterocycles. The third kappa shape index (κ3) is 4.19. The number of nitrogens with zero attached hydrogens (tertiary/aromatic N) is 2. The van der Waals surface area contributed by atoms with Crippen molar-refractivity contribution in [3.8, 4) is 0 Å². The van der Waals surface area contributed by atoms with Crippen molar-refractivity contribution in [3.63, 3.8) is 0 Å². The highest BCUT2D eigenvalue weighted by atomic mass is 15.2. The maximum atomic E-state index is 6.40. The van der Waals surface area contributed by atoms with Gasteiger partial charge < -0.3 is 10.6 Å². The summed E-state index contributed by atoms with van der Waals surface area (Å²) in [5.74, 6) is 0. The average Bonchev–Trinajstić information content (AvgIpc) is 2.50. The first-order valence-corrected chi connectivity index (χ1v) is 9.00. The fraction of sp³-hybridized carbons (Fsp3) is 1.00. The van der Waals surface area contributed by atoms with Crippen LogP contribution in [0.3, 0.4) is 0 Å². The van der Waals surface area contributed by atoms with E-state index in [0.29, 0.717) is 12.1 Å². The van der Waals surface area contributed by atoms with E-state index in [0.717, 1.165) is 6.04 Å². The van der Waals surface area contributed by atoms with Crippen molar-refractivity contribution < 1.29 is 0 Å². The van der Waals surface area contributed by atoms with Crippen molar-refractivity contribution in [2.45, 2.75) is 83.3 Å². The molecule has 2 fully saturated rings. The SMILES string of the molecule is CCCC(N)C(CC)N1CCC(N2CCCCC2)CC1. The molecule has 2 atom stereocenters. The van der Waals surface area contributed by atoms with Crippen molar-refractivity contribution >= 4 is 0 Å². The Morgan fingerprint density at radius 1 is 1.00 bits per heavy atom. The lowest BCUT2D eigenvalue weighted by atomic mass is 9.94. The Morgan fingerprint density at radius 2 is 1.65 bits per heavy atom. The van der Waals surface area contributed by atoms with Crippen molar-refractivity contribution in [2.24, 2.45) is 5.73 Å². The second-order valence-corrected chi connectivity index (χ2v) is 6.79. The van der Waals surface area contributed by atoms with E-state index in [4.69, 9.17) is 5.73 Å². The van der Waals surface area contributed by atoms with Gasteiger partial charge in [-0.25, -0.2) is 0 Å². The number of nitrogens with two attached hydrogens (primary N) is 1. The Kier molecular flexibility index (Phi) is 6.79. The average molecular weight is 281 g/mol. The minimum atomic E-state index is 0.372. The minimum Gasteiger partial charge on any atom is -0.326 e. The summed E-state index contributed by atoms with van der Waals surface area (Å²) in [6, 6.07) is 1.83. The smallest absolute Gasteiger partial charge is 0.0244 e. The normalized spacial score (nSPS) is 26.6. The molecule has 0 aromatic carbocycles. The highest BCUT2D eigenvalue weighted by molar-refractivity contribution is 4.87. The summed E-state index contributed by atoms with van der Waals surface area (Å²) in [4.78, 5) is 5.44. The Bertz CT molecular complexity index is 255. The Morgan fingerprint density at radius 3 is 2.20 bits per heavy atom. The van der Waals surface area contributed by atoms with Gasteiger partial charge in [0.25, 0.3) is 0 Å². The molecule has 2 unspecified atom stereocenters. The van der Waals surface area contributed by atoms with Gasteiger partial charge in [-0.05, 0) is 64.7 Å². The molecule has 0 amide bonds. The second kappa shape index (κ2) is 8.35. The maximum absolute atomic E-state index is 6.40. The summed E-state index contributed by atoms with van der Waals surface area (Å²) in [5.41, 5.74) is 6.40. The van der Waals surface area contributed by atoms with E-state index in [9.17, 15) is 0 Å². The van der Waals surface area contributed by atoms with E-state index in [1.165, 1.54) is 77.5 Å². The lowest BCUT2D eigenvalue weighted by Crippen LogP contribution is -2.53. The molecule has 2 aliphatic heterocycles. The summed E-state index contributed by atoms with van der Waals surface area (Å²) >= 11 is 0. The van der Waals surface area contributed by atoms with Gasteiger partial charge in [0.2, 0.25) is 0 Å². The predicted molar refractivity (Wildman–Crippen MR) is 87.0 cm³/mol. The third-order valence-corrected chi connectivity index (χ3v) is 5.41. The molecule has 0 spiro atoms. The van der Waals surface area contributed by atoms with E-state index in [1.807, 2.05) is 0 Å². The van der Waals surface area contributed by atoms with Crippen LogP contribution in [0, 0.1) is 0 Å². The molecule has 2 heterocycles. The van der Waals surface area contributed by atoms with Crippen LogP contribution in [0.15, 0.2) is 0 Å². The van der Waals surface area contributed by atoms with Crippen LogP contribution in [0.2, 0.25) is 0 Å². The molecule has 0 saturated carbocycles. The van der Waals surface area contributed by atoms with Gasteiger partial charge in [-0.1, -0.05) is 26.7 Å². The molecule has 2 rings (SSSR count). The van der Waals surface area contributed by atoms with Gasteiger partial charge in [-0.2, -0.15) is 0 Å². The minimum absolute atomic E-state index is 0.372. The quantitative estimate of drug-likeness (QED) is 0.812. The van der Waals surface area contributed by atoms with Crippen molar-refractivity contribution in [1.82, 2.24) is 9.80 Å². The monoisotopic (exact) mass is 281 g/mol. The summed E-state index contributed by atoms with van der Waals surface area (Å²) in [6.07, 6.45) is 10.6. The Labute approximate surface area is 125 Å². The van der Waals surface area contributed by atoms with Crippen molar-refractivity contribution in [1.29, 1.82) is 0 Å². The predicted octanol–water partition coefficient (Wildman–Crippen LogP) is 2.84. The van der Waals surface area contributed by atoms with Gasteiger partial charge >= 0.3 is 0 Å². The first kappa shape index (κ1) is 16.3. The fourth-order valence-electron chi connectivity index (χ4n) is 4.22. The number of rotatable bonds is 6. The molecule has 2 N–H and O–H groups in total. The van der Waals surface area contributed by atoms with Crippen LogP contribution in [0.1, 0.15) is 65.2 Å². The third-order valence-electron chi connectivity index (χ3n) is 5.41. The zero-order valence-electron chi connectivity index (χ0n) is 13.7. The van der Waals surface area contributed by atoms with Crippen LogP contribution in [-0.2, 0) is 0 Å². The molecule has 0 radical (unpaired) electrons. The van der Waals surface area contributed by atoms with Gasteiger partial charge in [0.05, 0.1) is 0 Å². The van der Waals surface area contributed by atoms with E-state index in [-0.39, 0.29) is 0 Å². The highest BCUT2D eigenvalue weighted by Crippen LogP contribution is 2.23. The summed E-state index contributed by atoms with van der Waals surface area (Å²) in [7, 11) is 0. The van der Waals surface area contributed by atoms with Crippen LogP contribution in [0.5, 0.6) is 0 Å². The molecule has 2 saturated heterocycles. The van der Waals surface area contributed by atoms with Gasteiger partial charge in [-0.3, -0.25) is 4.90 Å². The molecule has 0 aromatic rings. The number of hydrogen-bond donors (Lipinski definition) is 1. The first-order chi connectivity index (χ1) is 9.76. The van der Waals surface area contributed by atoms with Gasteiger partial charge in [0.15, 0.2) is 0 Å². The van der Waals surface area contributed by atoms with E-state index in [2.05, 4.69) is 23.6 Å². The van der Waals surface area contributed by atoms with Crippen LogP contribution in [0.4, 0.5) is 0 Å². The molecular weight excluding hydrogens is 246 g/mol. The zero-order chi connectivity index (χ0) is 14.4. The van der Waals surface area contributed by atoms with Crippen molar-refractivity contribution in [3.05, 3.63) is 0 Å². The van der Waals surface area contributed by atoms with Crippen LogP contribution >= 0.6 is 0 Å². The number of piperidine rings is 2. The second-order valence-electron chi connectivity index (χ2n) is 6.79. The maximum Gasteiger partial charge on any atom is 0.0244 e. The van der Waals surface area contributed by atoms with Crippen molar-refractivity contribution in [2.75, 3.05) is 26.2 Å². The van der Waals surface area contributed by atoms with Gasteiger partial charge in [-0.15, -0.1) is 0 Å². The molecule has 3 nitrogen and oxygen atoms in total. The largest absolute Gasteiger partial charge is 0.326 e. The number of likely N-dealkylation sites (tertiary alicyclic amines) is 2. The van der Waals surface area contributed by atoms with Gasteiger partial charge in [0.1, 0.15) is 0 Å². The lowest BCUT2D eigenvalue weighted by molar-refractivity contribution is 0.0629. The van der Waals surface area contributed by atoms with E-state index >= 15 is 0 Å². The topological polar surface area (TPSA) is 32.5 Å². The molecule has 2 aliphatic rings. The molecule has 3 heteroatoms. The van der Waals surface area contributed by atoms with Gasteiger partial charge in [0, 0.05) is 18.1 Å². The molecule has 0 bridgehead atoms. The molecular formula is C17H35N3. The summed E-state index contributed by atoms with van der Waals surface area (Å²) in [5, 5.41) is 0. The van der Waals surface area contributed by atoms with E-state index in [1.54, 1.807) is 0 Å². The lowest BCUT2D eigenvalue weighted by Gasteiger charge is -2.44. The summed E-state index contributed by atoms with van der Waals surface area (Å²) < 4.78 is 0. The summed E-state index contributed by atoms with van der Waals surface area (Å²) in [6.45, 7) is 9.76. The number of hydrogen-bond acceptors (Lipinski definition) is 3.